The summed E-state index contributed by atoms with van der Waals surface area (Å²) >= 11 is 0. The number of benzene rings is 2. The molecule has 30 heavy (non-hydrogen) atoms. The third-order valence-corrected chi connectivity index (χ3v) is 4.28. The summed E-state index contributed by atoms with van der Waals surface area (Å²) in [4.78, 5) is 24.3. The summed E-state index contributed by atoms with van der Waals surface area (Å²) < 4.78 is 21.1. The first-order valence-corrected chi connectivity index (χ1v) is 9.56. The van der Waals surface area contributed by atoms with Gasteiger partial charge >= 0.3 is 12.1 Å². The second-order valence-corrected chi connectivity index (χ2v) is 7.66. The van der Waals surface area contributed by atoms with E-state index in [0.29, 0.717) is 5.75 Å². The molecule has 2 aromatic carbocycles. The van der Waals surface area contributed by atoms with Crippen molar-refractivity contribution in [3.05, 3.63) is 48.0 Å². The maximum absolute atomic E-state index is 12.2. The third kappa shape index (κ3) is 6.14. The largest absolute Gasteiger partial charge is 0.496 e. The Balaban J connectivity index is 2.29. The van der Waals surface area contributed by atoms with Crippen molar-refractivity contribution in [1.82, 2.24) is 5.32 Å². The van der Waals surface area contributed by atoms with E-state index in [4.69, 9.17) is 18.9 Å². The number of carbonyl (C=O) groups excluding carboxylic acids is 2. The van der Waals surface area contributed by atoms with Gasteiger partial charge in [0.15, 0.2) is 0 Å². The van der Waals surface area contributed by atoms with Crippen LogP contribution in [0.4, 0.5) is 4.79 Å². The minimum atomic E-state index is -0.897. The molecule has 0 spiro atoms. The maximum atomic E-state index is 12.2. The monoisotopic (exact) mass is 415 g/mol. The predicted octanol–water partition coefficient (Wildman–Crippen LogP) is 3.98. The van der Waals surface area contributed by atoms with Crippen LogP contribution in [0.25, 0.3) is 11.1 Å². The van der Waals surface area contributed by atoms with Crippen LogP contribution in [0, 0.1) is 0 Å². The molecule has 1 amide bonds. The number of para-hydroxylation sites is 1. The van der Waals surface area contributed by atoms with Crippen LogP contribution in [-0.4, -0.2) is 45.0 Å². The van der Waals surface area contributed by atoms with E-state index in [1.165, 1.54) is 7.11 Å². The van der Waals surface area contributed by atoms with E-state index in [1.54, 1.807) is 35.0 Å². The second kappa shape index (κ2) is 10.0. The van der Waals surface area contributed by atoms with Gasteiger partial charge in [0.2, 0.25) is 0 Å². The zero-order valence-corrected chi connectivity index (χ0v) is 18.3. The molecule has 0 heterocycles. The highest BCUT2D eigenvalue weighted by Crippen LogP contribution is 2.36. The number of hydrogen-bond acceptors (Lipinski definition) is 6. The molecule has 0 aliphatic heterocycles. The van der Waals surface area contributed by atoms with Crippen molar-refractivity contribution in [2.75, 3.05) is 21.3 Å². The predicted molar refractivity (Wildman–Crippen MR) is 114 cm³/mol. The highest BCUT2D eigenvalue weighted by Gasteiger charge is 2.26. The molecular weight excluding hydrogens is 386 g/mol. The lowest BCUT2D eigenvalue weighted by Gasteiger charge is -2.23. The lowest BCUT2D eigenvalue weighted by Crippen LogP contribution is -2.45. The first kappa shape index (κ1) is 23.1. The summed E-state index contributed by atoms with van der Waals surface area (Å²) in [5, 5.41) is 2.58. The van der Waals surface area contributed by atoms with Crippen LogP contribution >= 0.6 is 0 Å². The topological polar surface area (TPSA) is 83.1 Å². The number of hydrogen-bond donors (Lipinski definition) is 1. The number of rotatable bonds is 7. The van der Waals surface area contributed by atoms with Gasteiger partial charge in [-0.2, -0.15) is 0 Å². The van der Waals surface area contributed by atoms with Crippen molar-refractivity contribution in [1.29, 1.82) is 0 Å². The minimum absolute atomic E-state index is 0.217. The number of ether oxygens (including phenoxy) is 4. The molecule has 2 aromatic rings. The van der Waals surface area contributed by atoms with Gasteiger partial charge in [0.25, 0.3) is 0 Å². The number of esters is 1. The third-order valence-electron chi connectivity index (χ3n) is 4.28. The van der Waals surface area contributed by atoms with Crippen LogP contribution < -0.4 is 14.8 Å². The average molecular weight is 415 g/mol. The van der Waals surface area contributed by atoms with Gasteiger partial charge in [-0.05, 0) is 38.5 Å². The lowest BCUT2D eigenvalue weighted by atomic mass is 9.98. The molecule has 1 N–H and O–H groups in total. The Morgan fingerprint density at radius 1 is 0.933 bits per heavy atom. The van der Waals surface area contributed by atoms with Crippen molar-refractivity contribution >= 4 is 12.1 Å². The Bertz CT molecular complexity index is 888. The minimum Gasteiger partial charge on any atom is -0.496 e. The van der Waals surface area contributed by atoms with Crippen LogP contribution in [0.2, 0.25) is 0 Å². The van der Waals surface area contributed by atoms with Gasteiger partial charge < -0.3 is 24.3 Å². The number of amides is 1. The molecule has 0 fully saturated rings. The molecule has 0 radical (unpaired) electrons. The quantitative estimate of drug-likeness (QED) is 0.689. The Labute approximate surface area is 177 Å². The first-order chi connectivity index (χ1) is 14.2. The van der Waals surface area contributed by atoms with Crippen molar-refractivity contribution < 1.29 is 28.5 Å². The Morgan fingerprint density at radius 3 is 2.17 bits per heavy atom. The molecule has 0 bridgehead atoms. The number of nitrogens with one attached hydrogen (secondary N) is 1. The van der Waals surface area contributed by atoms with E-state index in [1.807, 2.05) is 42.5 Å². The van der Waals surface area contributed by atoms with Crippen molar-refractivity contribution in [2.45, 2.75) is 38.8 Å². The lowest BCUT2D eigenvalue weighted by molar-refractivity contribution is -0.143. The number of alkyl carbamates (subject to hydrolysis) is 1. The summed E-state index contributed by atoms with van der Waals surface area (Å²) in [5.74, 6) is 0.786. The zero-order chi connectivity index (χ0) is 22.3. The van der Waals surface area contributed by atoms with Gasteiger partial charge in [-0.1, -0.05) is 30.3 Å². The Kier molecular flexibility index (Phi) is 7.69. The standard InChI is InChI=1S/C23H29NO6/c1-23(2,3)30-22(26)24-18(21(25)29-6)13-15-11-12-17(20(14-15)28-5)16-9-7-8-10-19(16)27-4/h7-12,14,18H,13H2,1-6H3,(H,24,26)/t18-/m0/s1. The molecule has 1 atom stereocenters. The van der Waals surface area contributed by atoms with E-state index >= 15 is 0 Å². The fourth-order valence-corrected chi connectivity index (χ4v) is 2.97. The van der Waals surface area contributed by atoms with Gasteiger partial charge in [0.1, 0.15) is 23.1 Å². The van der Waals surface area contributed by atoms with Crippen molar-refractivity contribution in [3.8, 4) is 22.6 Å². The van der Waals surface area contributed by atoms with Gasteiger partial charge in [-0.15, -0.1) is 0 Å². The molecule has 2 rings (SSSR count). The molecule has 7 nitrogen and oxygen atoms in total. The van der Waals surface area contributed by atoms with Crippen molar-refractivity contribution in [2.24, 2.45) is 0 Å². The summed E-state index contributed by atoms with van der Waals surface area (Å²) in [7, 11) is 4.47. The van der Waals surface area contributed by atoms with E-state index in [2.05, 4.69) is 5.32 Å². The summed E-state index contributed by atoms with van der Waals surface area (Å²) in [5.41, 5.74) is 1.86. The average Bonchev–Trinajstić information content (AvgIpc) is 2.71. The van der Waals surface area contributed by atoms with Crippen molar-refractivity contribution in [3.63, 3.8) is 0 Å². The number of methoxy groups -OCH3 is 3. The van der Waals surface area contributed by atoms with Crippen LogP contribution in [0.1, 0.15) is 26.3 Å². The van der Waals surface area contributed by atoms with E-state index in [9.17, 15) is 9.59 Å². The molecule has 0 saturated carbocycles. The normalized spacial score (nSPS) is 11.9. The van der Waals surface area contributed by atoms with Gasteiger partial charge in [-0.25, -0.2) is 9.59 Å². The van der Waals surface area contributed by atoms with Gasteiger partial charge in [0, 0.05) is 17.5 Å². The molecule has 0 unspecified atom stereocenters. The highest BCUT2D eigenvalue weighted by molar-refractivity contribution is 5.82. The van der Waals surface area contributed by atoms with E-state index in [-0.39, 0.29) is 6.42 Å². The van der Waals surface area contributed by atoms with Crippen LogP contribution in [0.5, 0.6) is 11.5 Å². The second-order valence-electron chi connectivity index (χ2n) is 7.66. The summed E-state index contributed by atoms with van der Waals surface area (Å²) in [6.45, 7) is 5.25. The van der Waals surface area contributed by atoms with E-state index in [0.717, 1.165) is 22.4 Å². The fraction of sp³-hybridized carbons (Fsp3) is 0.391. The first-order valence-electron chi connectivity index (χ1n) is 9.56. The van der Waals surface area contributed by atoms with E-state index < -0.39 is 23.7 Å². The highest BCUT2D eigenvalue weighted by atomic mass is 16.6. The molecular formula is C23H29NO6. The smallest absolute Gasteiger partial charge is 0.408 e. The molecule has 162 valence electrons. The van der Waals surface area contributed by atoms with Gasteiger partial charge in [0.05, 0.1) is 21.3 Å². The molecule has 0 aliphatic carbocycles. The Hall–Kier alpha value is -3.22. The molecule has 0 saturated heterocycles. The molecule has 7 heteroatoms. The SMILES string of the molecule is COC(=O)[C@H](Cc1ccc(-c2ccccc2OC)c(OC)c1)NC(=O)OC(C)(C)C. The summed E-state index contributed by atoms with van der Waals surface area (Å²) in [6.07, 6.45) is -0.468. The molecule has 0 aromatic heterocycles. The summed E-state index contributed by atoms with van der Waals surface area (Å²) in [6, 6.07) is 12.3. The van der Waals surface area contributed by atoms with Crippen LogP contribution in [0.3, 0.4) is 0 Å². The maximum Gasteiger partial charge on any atom is 0.408 e. The zero-order valence-electron chi connectivity index (χ0n) is 18.3. The fourth-order valence-electron chi connectivity index (χ4n) is 2.97. The Morgan fingerprint density at radius 2 is 1.57 bits per heavy atom. The van der Waals surface area contributed by atoms with Crippen LogP contribution in [-0.2, 0) is 20.7 Å². The van der Waals surface area contributed by atoms with Crippen LogP contribution in [0.15, 0.2) is 42.5 Å². The molecule has 0 aliphatic rings. The number of carbonyl (C=O) groups is 2. The van der Waals surface area contributed by atoms with Gasteiger partial charge in [-0.3, -0.25) is 0 Å².